The van der Waals surface area contributed by atoms with E-state index in [1.807, 2.05) is 17.5 Å². The van der Waals surface area contributed by atoms with Gasteiger partial charge in [0.25, 0.3) is 0 Å². The van der Waals surface area contributed by atoms with Crippen molar-refractivity contribution in [3.63, 3.8) is 0 Å². The first-order valence-corrected chi connectivity index (χ1v) is 5.56. The molecule has 2 aromatic rings. The van der Waals surface area contributed by atoms with Crippen molar-refractivity contribution < 1.29 is 4.74 Å². The standard InChI is InChI=1S/C10H13N3OS/c1-14-5-4-7-9(10(11)13-12-7)8-3-2-6-15-8/h2-3,6H,4-5H2,1H3,(H3,11,12,13). The van der Waals surface area contributed by atoms with Crippen molar-refractivity contribution in [3.05, 3.63) is 23.2 Å². The number of rotatable bonds is 4. The van der Waals surface area contributed by atoms with Crippen molar-refractivity contribution in [2.45, 2.75) is 6.42 Å². The second-order valence-corrected chi connectivity index (χ2v) is 4.13. The zero-order valence-electron chi connectivity index (χ0n) is 8.49. The molecular weight excluding hydrogens is 210 g/mol. The molecule has 0 bridgehead atoms. The van der Waals surface area contributed by atoms with Gasteiger partial charge in [-0.3, -0.25) is 5.10 Å². The van der Waals surface area contributed by atoms with Crippen LogP contribution in [0.1, 0.15) is 5.69 Å². The number of nitrogens with two attached hydrogens (primary N) is 1. The van der Waals surface area contributed by atoms with E-state index in [0.717, 1.165) is 22.6 Å². The number of ether oxygens (including phenoxy) is 1. The normalized spacial score (nSPS) is 10.7. The van der Waals surface area contributed by atoms with Crippen LogP contribution in [0.4, 0.5) is 5.82 Å². The minimum absolute atomic E-state index is 0.559. The van der Waals surface area contributed by atoms with Crippen LogP contribution in [-0.4, -0.2) is 23.9 Å². The lowest BCUT2D eigenvalue weighted by molar-refractivity contribution is 0.201. The smallest absolute Gasteiger partial charge is 0.154 e. The minimum Gasteiger partial charge on any atom is -0.384 e. The maximum atomic E-state index is 5.83. The zero-order valence-corrected chi connectivity index (χ0v) is 9.30. The summed E-state index contributed by atoms with van der Waals surface area (Å²) in [5.41, 5.74) is 7.88. The number of nitrogens with one attached hydrogen (secondary N) is 1. The third kappa shape index (κ3) is 2.03. The fourth-order valence-electron chi connectivity index (χ4n) is 1.47. The van der Waals surface area contributed by atoms with E-state index in [-0.39, 0.29) is 0 Å². The number of H-pyrrole nitrogens is 1. The van der Waals surface area contributed by atoms with Gasteiger partial charge in [0.1, 0.15) is 0 Å². The third-order valence-electron chi connectivity index (χ3n) is 2.19. The maximum Gasteiger partial charge on any atom is 0.154 e. The van der Waals surface area contributed by atoms with Gasteiger partial charge in [0, 0.05) is 24.1 Å². The van der Waals surface area contributed by atoms with Gasteiger partial charge in [-0.1, -0.05) is 6.07 Å². The predicted octanol–water partition coefficient (Wildman–Crippen LogP) is 1.91. The number of nitrogen functional groups attached to an aromatic ring is 1. The SMILES string of the molecule is COCCc1[nH]nc(N)c1-c1cccs1. The average molecular weight is 223 g/mol. The van der Waals surface area contributed by atoms with Gasteiger partial charge < -0.3 is 10.5 Å². The Morgan fingerprint density at radius 1 is 1.60 bits per heavy atom. The van der Waals surface area contributed by atoms with E-state index < -0.39 is 0 Å². The molecule has 5 heteroatoms. The van der Waals surface area contributed by atoms with Crippen LogP contribution in [0.3, 0.4) is 0 Å². The van der Waals surface area contributed by atoms with E-state index in [4.69, 9.17) is 10.5 Å². The van der Waals surface area contributed by atoms with Crippen LogP contribution in [0.2, 0.25) is 0 Å². The average Bonchev–Trinajstić information content (AvgIpc) is 2.84. The topological polar surface area (TPSA) is 63.9 Å². The van der Waals surface area contributed by atoms with Crippen molar-refractivity contribution in [1.29, 1.82) is 0 Å². The summed E-state index contributed by atoms with van der Waals surface area (Å²) in [7, 11) is 1.69. The van der Waals surface area contributed by atoms with Gasteiger partial charge in [0.05, 0.1) is 12.2 Å². The van der Waals surface area contributed by atoms with Crippen LogP contribution < -0.4 is 5.73 Å². The molecule has 0 saturated heterocycles. The number of nitrogens with zero attached hydrogens (tertiary/aromatic N) is 1. The van der Waals surface area contributed by atoms with Crippen molar-refractivity contribution >= 4 is 17.2 Å². The zero-order chi connectivity index (χ0) is 10.7. The molecule has 0 spiro atoms. The number of aromatic nitrogens is 2. The fourth-order valence-corrected chi connectivity index (χ4v) is 2.28. The lowest BCUT2D eigenvalue weighted by Gasteiger charge is -2.00. The number of hydrogen-bond acceptors (Lipinski definition) is 4. The van der Waals surface area contributed by atoms with Gasteiger partial charge in [-0.05, 0) is 11.4 Å². The van der Waals surface area contributed by atoms with Crippen molar-refractivity contribution in [2.24, 2.45) is 0 Å². The van der Waals surface area contributed by atoms with Gasteiger partial charge in [-0.15, -0.1) is 11.3 Å². The molecule has 0 fully saturated rings. The summed E-state index contributed by atoms with van der Waals surface area (Å²) in [6.07, 6.45) is 0.800. The molecule has 0 aliphatic carbocycles. The second kappa shape index (κ2) is 4.46. The van der Waals surface area contributed by atoms with E-state index in [0.29, 0.717) is 12.4 Å². The lowest BCUT2D eigenvalue weighted by atomic mass is 10.1. The molecule has 0 radical (unpaired) electrons. The monoisotopic (exact) mass is 223 g/mol. The Balaban J connectivity index is 2.32. The maximum absolute atomic E-state index is 5.83. The molecule has 0 aliphatic heterocycles. The largest absolute Gasteiger partial charge is 0.384 e. The Hall–Kier alpha value is -1.33. The van der Waals surface area contributed by atoms with Crippen molar-refractivity contribution in [3.8, 4) is 10.4 Å². The van der Waals surface area contributed by atoms with Crippen molar-refractivity contribution in [2.75, 3.05) is 19.5 Å². The molecule has 0 aliphatic rings. The Bertz CT molecular complexity index is 422. The van der Waals surface area contributed by atoms with E-state index in [9.17, 15) is 0 Å². The van der Waals surface area contributed by atoms with E-state index >= 15 is 0 Å². The molecule has 2 heterocycles. The number of anilines is 1. The highest BCUT2D eigenvalue weighted by Gasteiger charge is 2.13. The molecule has 0 amide bonds. The summed E-state index contributed by atoms with van der Waals surface area (Å²) in [6.45, 7) is 0.667. The highest BCUT2D eigenvalue weighted by molar-refractivity contribution is 7.13. The summed E-state index contributed by atoms with van der Waals surface area (Å²) in [6, 6.07) is 4.05. The fraction of sp³-hybridized carbons (Fsp3) is 0.300. The van der Waals surface area contributed by atoms with Gasteiger partial charge in [0.2, 0.25) is 0 Å². The molecule has 2 aromatic heterocycles. The Labute approximate surface area is 92.1 Å². The number of aromatic amines is 1. The molecule has 0 atom stereocenters. The number of hydrogen-bond donors (Lipinski definition) is 2. The second-order valence-electron chi connectivity index (χ2n) is 3.18. The summed E-state index contributed by atoms with van der Waals surface area (Å²) >= 11 is 1.66. The molecule has 0 unspecified atom stereocenters. The van der Waals surface area contributed by atoms with Gasteiger partial charge in [-0.2, -0.15) is 5.10 Å². The summed E-state index contributed by atoms with van der Waals surface area (Å²) < 4.78 is 5.04. The van der Waals surface area contributed by atoms with E-state index in [1.165, 1.54) is 0 Å². The molecule has 3 N–H and O–H groups in total. The Kier molecular flexibility index (Phi) is 3.03. The Morgan fingerprint density at radius 2 is 2.47 bits per heavy atom. The van der Waals surface area contributed by atoms with E-state index in [2.05, 4.69) is 10.2 Å². The quantitative estimate of drug-likeness (QED) is 0.832. The first-order chi connectivity index (χ1) is 7.33. The third-order valence-corrected chi connectivity index (χ3v) is 3.08. The highest BCUT2D eigenvalue weighted by Crippen LogP contribution is 2.31. The summed E-state index contributed by atoms with van der Waals surface area (Å²) in [4.78, 5) is 1.15. The first-order valence-electron chi connectivity index (χ1n) is 4.68. The molecule has 4 nitrogen and oxygen atoms in total. The summed E-state index contributed by atoms with van der Waals surface area (Å²) in [5, 5.41) is 9.01. The van der Waals surface area contributed by atoms with Gasteiger partial charge >= 0.3 is 0 Å². The Morgan fingerprint density at radius 3 is 3.13 bits per heavy atom. The molecule has 15 heavy (non-hydrogen) atoms. The first kappa shape index (κ1) is 10.2. The van der Waals surface area contributed by atoms with Crippen LogP contribution in [0.15, 0.2) is 17.5 Å². The van der Waals surface area contributed by atoms with Crippen LogP contribution in [0, 0.1) is 0 Å². The van der Waals surface area contributed by atoms with Crippen molar-refractivity contribution in [1.82, 2.24) is 10.2 Å². The molecule has 80 valence electrons. The van der Waals surface area contributed by atoms with Gasteiger partial charge in [-0.25, -0.2) is 0 Å². The lowest BCUT2D eigenvalue weighted by Crippen LogP contribution is -1.96. The van der Waals surface area contributed by atoms with Gasteiger partial charge in [0.15, 0.2) is 5.82 Å². The molecular formula is C10H13N3OS. The number of methoxy groups -OCH3 is 1. The van der Waals surface area contributed by atoms with Crippen LogP contribution in [0.5, 0.6) is 0 Å². The molecule has 2 rings (SSSR count). The van der Waals surface area contributed by atoms with Crippen LogP contribution in [0.25, 0.3) is 10.4 Å². The molecule has 0 aromatic carbocycles. The van der Waals surface area contributed by atoms with E-state index in [1.54, 1.807) is 18.4 Å². The number of thiophene rings is 1. The molecule has 0 saturated carbocycles. The highest BCUT2D eigenvalue weighted by atomic mass is 32.1. The summed E-state index contributed by atoms with van der Waals surface area (Å²) in [5.74, 6) is 0.559. The van der Waals surface area contributed by atoms with Crippen LogP contribution >= 0.6 is 11.3 Å². The van der Waals surface area contributed by atoms with Crippen LogP contribution in [-0.2, 0) is 11.2 Å². The predicted molar refractivity (Wildman–Crippen MR) is 61.9 cm³/mol. The minimum atomic E-state index is 0.559.